The molecular formula is C78H74N6O4. The van der Waals surface area contributed by atoms with Gasteiger partial charge in [0.2, 0.25) is 12.8 Å². The Kier molecular flexibility index (Phi) is 19.0. The smallest absolute Gasteiger partial charge is 0.209 e. The molecule has 0 aliphatic heterocycles. The Balaban J connectivity index is 0.000000743. The molecule has 0 saturated carbocycles. The predicted octanol–water partition coefficient (Wildman–Crippen LogP) is 19.2. The molecule has 10 heteroatoms. The number of unbranched alkanes of at least 4 members (excludes halogenated alkanes) is 6. The van der Waals surface area contributed by atoms with Crippen molar-refractivity contribution in [2.45, 2.75) is 65.2 Å². The molecule has 11 aromatic heterocycles. The van der Waals surface area contributed by atoms with E-state index in [-0.39, 0.29) is 0 Å². The lowest BCUT2D eigenvalue weighted by molar-refractivity contribution is -0.116. The van der Waals surface area contributed by atoms with Crippen LogP contribution in [-0.2, 0) is 9.59 Å². The molecule has 8 aromatic carbocycles. The van der Waals surface area contributed by atoms with Crippen molar-refractivity contribution in [3.63, 3.8) is 0 Å². The van der Waals surface area contributed by atoms with Crippen LogP contribution in [0.15, 0.2) is 206 Å². The molecule has 20 bridgehead atoms. The number of aromatic nitrogens is 4. The maximum absolute atomic E-state index is 9.43. The Morgan fingerprint density at radius 2 is 0.500 bits per heavy atom. The number of rotatable bonds is 14. The summed E-state index contributed by atoms with van der Waals surface area (Å²) in [6, 6.07) is 74.0. The van der Waals surface area contributed by atoms with Gasteiger partial charge in [0.05, 0.1) is 57.3 Å². The van der Waals surface area contributed by atoms with Gasteiger partial charge in [0, 0.05) is 71.3 Å². The number of pyridine rings is 4. The van der Waals surface area contributed by atoms with E-state index in [0.29, 0.717) is 13.2 Å². The Bertz CT molecular complexity index is 4260. The second-order valence-electron chi connectivity index (χ2n) is 23.0. The van der Waals surface area contributed by atoms with E-state index in [1.54, 1.807) is 28.2 Å². The molecule has 0 aliphatic carbocycles. The van der Waals surface area contributed by atoms with Crippen LogP contribution < -0.4 is 9.47 Å². The largest absolute Gasteiger partial charge is 0.494 e. The molecule has 440 valence electrons. The molecule has 19 rings (SSSR count). The first-order chi connectivity index (χ1) is 43.0. The Morgan fingerprint density at radius 3 is 0.727 bits per heavy atom. The summed E-state index contributed by atoms with van der Waals surface area (Å²) >= 11 is 0. The van der Waals surface area contributed by atoms with Crippen LogP contribution in [0, 0.1) is 0 Å². The highest BCUT2D eigenvalue weighted by atomic mass is 16.5. The summed E-state index contributed by atoms with van der Waals surface area (Å²) in [7, 11) is 6.75. The normalized spacial score (nSPS) is 11.2. The molecule has 0 fully saturated rings. The van der Waals surface area contributed by atoms with E-state index in [1.165, 1.54) is 35.5 Å². The van der Waals surface area contributed by atoms with Crippen molar-refractivity contribution in [1.29, 1.82) is 0 Å². The summed E-state index contributed by atoms with van der Waals surface area (Å²) in [4.78, 5) is 43.0. The molecule has 2 amide bonds. The summed E-state index contributed by atoms with van der Waals surface area (Å²) in [5.41, 5.74) is 7.14. The average Bonchev–Trinajstić information content (AvgIpc) is 1.19. The predicted molar refractivity (Wildman–Crippen MR) is 371 cm³/mol. The number of amides is 2. The van der Waals surface area contributed by atoms with Gasteiger partial charge in [-0.25, -0.2) is 19.9 Å². The molecule has 19 aromatic rings. The van der Waals surface area contributed by atoms with Crippen LogP contribution in [0.1, 0.15) is 65.2 Å². The number of carbonyl (C=O) groups is 2. The first kappa shape index (κ1) is 59.7. The van der Waals surface area contributed by atoms with E-state index >= 15 is 0 Å². The molecule has 0 atom stereocenters. The standard InChI is InChI=1S/C72H60N4O2.2C3H7NO/c1-3-5-7-9-39-77-63-43-59-41-60(44-63)48-13-21-52(22-14-48)66-36-32-56-28-30-58-34-38-68(76-72(58)70(56)74-66)54-25-17-50(18-26-54)62-42-61(45-64(46-62)78-40-10-8-6-4-2)49-15-23-53(24-16-49)67-37-33-57-29-27-55-31-35-65(73-69(55)71(57)75-67)51-19-11-47(59)12-20-51;2*1-4(2)3-5/h11-38,41-46H,3-10,39-40H2,1-2H3;2*3H,1-2H3. The van der Waals surface area contributed by atoms with Gasteiger partial charge in [0.1, 0.15) is 11.5 Å². The third kappa shape index (κ3) is 14.1. The molecular weight excluding hydrogens is 1080 g/mol. The maximum Gasteiger partial charge on any atom is 0.209 e. The minimum Gasteiger partial charge on any atom is -0.494 e. The fourth-order valence-corrected chi connectivity index (χ4v) is 11.0. The summed E-state index contributed by atoms with van der Waals surface area (Å²) in [5, 5.41) is 17.2. The molecule has 0 N–H and O–H groups in total. The number of hydrogen-bond acceptors (Lipinski definition) is 8. The lowest BCUT2D eigenvalue weighted by Crippen LogP contribution is -2.06. The second kappa shape index (κ2) is 28.0. The van der Waals surface area contributed by atoms with Crippen molar-refractivity contribution in [2.24, 2.45) is 0 Å². The molecule has 11 heterocycles. The van der Waals surface area contributed by atoms with E-state index in [9.17, 15) is 9.59 Å². The van der Waals surface area contributed by atoms with Gasteiger partial charge in [-0.05, 0) is 117 Å². The molecule has 0 aliphatic rings. The summed E-state index contributed by atoms with van der Waals surface area (Å²) in [6.45, 7) is 5.84. The Morgan fingerprint density at radius 1 is 0.284 bits per heavy atom. The SMILES string of the molecule is CCCCCCOc1cc2cc(c1)c1ccc(cc1)c1ccc3ccc4ccc(nc4c3n1)c1ccc(cc1)c1cc(OCCCCCC)cc(c1)c1ccc(cc1)c1ccc3ccc4ccc(nc4c3n1)c1ccc2cc1.CN(C)C=O.CN(C)C=O. The zero-order valence-corrected chi connectivity index (χ0v) is 51.2. The third-order valence-corrected chi connectivity index (χ3v) is 15.9. The van der Waals surface area contributed by atoms with E-state index in [0.717, 1.165) is 180 Å². The van der Waals surface area contributed by atoms with Crippen molar-refractivity contribution in [3.05, 3.63) is 206 Å². The lowest BCUT2D eigenvalue weighted by atomic mass is 10.0. The van der Waals surface area contributed by atoms with Crippen LogP contribution >= 0.6 is 0 Å². The minimum atomic E-state index is 0.682. The van der Waals surface area contributed by atoms with Crippen LogP contribution in [0.3, 0.4) is 0 Å². The first-order valence-electron chi connectivity index (χ1n) is 30.7. The van der Waals surface area contributed by atoms with Crippen LogP contribution in [-0.4, -0.2) is 84.0 Å². The molecule has 10 nitrogen and oxygen atoms in total. The van der Waals surface area contributed by atoms with E-state index < -0.39 is 0 Å². The molecule has 88 heavy (non-hydrogen) atoms. The van der Waals surface area contributed by atoms with Crippen LogP contribution in [0.4, 0.5) is 0 Å². The fourth-order valence-electron chi connectivity index (χ4n) is 11.0. The highest BCUT2D eigenvalue weighted by Gasteiger charge is 2.10. The first-order valence-corrected chi connectivity index (χ1v) is 30.7. The van der Waals surface area contributed by atoms with Gasteiger partial charge in [0.25, 0.3) is 0 Å². The number of hydrogen-bond donors (Lipinski definition) is 0. The quantitative estimate of drug-likeness (QED) is 0.0601. The van der Waals surface area contributed by atoms with Crippen molar-refractivity contribution >= 4 is 143 Å². The Labute approximate surface area is 513 Å². The fraction of sp³-hybridized carbons (Fsp3) is 0.205. The highest BCUT2D eigenvalue weighted by Crippen LogP contribution is 2.32. The minimum absolute atomic E-state index is 0.682. The van der Waals surface area contributed by atoms with Gasteiger partial charge >= 0.3 is 0 Å². The van der Waals surface area contributed by atoms with Crippen LogP contribution in [0.2, 0.25) is 0 Å². The van der Waals surface area contributed by atoms with Gasteiger partial charge in [-0.15, -0.1) is 0 Å². The van der Waals surface area contributed by atoms with Gasteiger partial charge in [0.15, 0.2) is 0 Å². The zero-order valence-electron chi connectivity index (χ0n) is 51.2. The van der Waals surface area contributed by atoms with E-state index in [1.807, 2.05) is 0 Å². The van der Waals surface area contributed by atoms with Crippen LogP contribution in [0.25, 0.3) is 130 Å². The van der Waals surface area contributed by atoms with Crippen molar-refractivity contribution in [3.8, 4) is 11.5 Å². The topological polar surface area (TPSA) is 111 Å². The van der Waals surface area contributed by atoms with Gasteiger partial charge < -0.3 is 19.3 Å². The number of ether oxygens (including phenoxy) is 2. The third-order valence-electron chi connectivity index (χ3n) is 15.9. The second-order valence-corrected chi connectivity index (χ2v) is 23.0. The zero-order chi connectivity index (χ0) is 60.9. The summed E-state index contributed by atoms with van der Waals surface area (Å²) < 4.78 is 13.0. The van der Waals surface area contributed by atoms with Crippen molar-refractivity contribution < 1.29 is 19.1 Å². The monoisotopic (exact) mass is 1160 g/mol. The number of nitrogens with zero attached hydrogens (tertiary/aromatic N) is 6. The average molecular weight is 1160 g/mol. The molecule has 0 unspecified atom stereocenters. The molecule has 0 spiro atoms. The van der Waals surface area contributed by atoms with Crippen LogP contribution in [0.5, 0.6) is 11.5 Å². The summed E-state index contributed by atoms with van der Waals surface area (Å²) in [5.74, 6) is 1.74. The van der Waals surface area contributed by atoms with Gasteiger partial charge in [-0.2, -0.15) is 0 Å². The Hall–Kier alpha value is -10.1. The molecule has 0 saturated heterocycles. The van der Waals surface area contributed by atoms with E-state index in [2.05, 4.69) is 220 Å². The number of carbonyl (C=O) groups excluding carboxylic acids is 2. The van der Waals surface area contributed by atoms with Gasteiger partial charge in [-0.1, -0.05) is 198 Å². The molecule has 0 radical (unpaired) electrons. The van der Waals surface area contributed by atoms with Crippen molar-refractivity contribution in [2.75, 3.05) is 41.4 Å². The maximum atomic E-state index is 9.43. The van der Waals surface area contributed by atoms with E-state index in [4.69, 9.17) is 29.4 Å². The summed E-state index contributed by atoms with van der Waals surface area (Å²) in [6.07, 6.45) is 10.7. The van der Waals surface area contributed by atoms with Gasteiger partial charge in [-0.3, -0.25) is 9.59 Å². The number of benzene rings is 8. The van der Waals surface area contributed by atoms with Crippen molar-refractivity contribution in [1.82, 2.24) is 29.7 Å². The lowest BCUT2D eigenvalue weighted by Gasteiger charge is -2.08. The highest BCUT2D eigenvalue weighted by molar-refractivity contribution is 6.08.